The maximum atomic E-state index is 11.9. The standard InChI is InChI=1S/C10H8N6.C4H8FN/c11-9-6-12-4-7(15-9)8-5-13-10-2-1-3-14-16(8)10;5-4-1-2-6-3-4/h1-6H,(H2,11,15);4,6H,1-3H2. The normalized spacial score (nSPS) is 17.2. The van der Waals surface area contributed by atoms with Gasteiger partial charge in [0, 0.05) is 12.7 Å². The van der Waals surface area contributed by atoms with Crippen molar-refractivity contribution in [1.29, 1.82) is 0 Å². The molecule has 0 amide bonds. The fourth-order valence-corrected chi connectivity index (χ4v) is 2.13. The van der Waals surface area contributed by atoms with Crippen LogP contribution in [0.3, 0.4) is 0 Å². The van der Waals surface area contributed by atoms with Crippen molar-refractivity contribution in [3.63, 3.8) is 0 Å². The summed E-state index contributed by atoms with van der Waals surface area (Å²) in [7, 11) is 0. The molecule has 0 saturated carbocycles. The van der Waals surface area contributed by atoms with Gasteiger partial charge >= 0.3 is 0 Å². The number of imidazole rings is 1. The van der Waals surface area contributed by atoms with Crippen molar-refractivity contribution >= 4 is 11.5 Å². The Labute approximate surface area is 126 Å². The predicted octanol–water partition coefficient (Wildman–Crippen LogP) is 1.09. The largest absolute Gasteiger partial charge is 0.382 e. The van der Waals surface area contributed by atoms with Gasteiger partial charge in [-0.1, -0.05) is 0 Å². The molecular formula is C14H16FN7. The van der Waals surface area contributed by atoms with Gasteiger partial charge in [-0.2, -0.15) is 5.10 Å². The molecular weight excluding hydrogens is 285 g/mol. The highest BCUT2D eigenvalue weighted by atomic mass is 19.1. The third-order valence-corrected chi connectivity index (χ3v) is 3.19. The van der Waals surface area contributed by atoms with Gasteiger partial charge < -0.3 is 11.1 Å². The van der Waals surface area contributed by atoms with Crippen LogP contribution in [0.5, 0.6) is 0 Å². The Kier molecular flexibility index (Phi) is 4.19. The van der Waals surface area contributed by atoms with Crippen molar-refractivity contribution in [3.8, 4) is 11.4 Å². The summed E-state index contributed by atoms with van der Waals surface area (Å²) in [4.78, 5) is 12.4. The quantitative estimate of drug-likeness (QED) is 0.698. The van der Waals surface area contributed by atoms with Crippen molar-refractivity contribution in [2.24, 2.45) is 0 Å². The smallest absolute Gasteiger partial charge is 0.154 e. The fourth-order valence-electron chi connectivity index (χ4n) is 2.13. The van der Waals surface area contributed by atoms with Gasteiger partial charge in [0.15, 0.2) is 5.65 Å². The Morgan fingerprint density at radius 1 is 1.32 bits per heavy atom. The van der Waals surface area contributed by atoms with E-state index in [1.54, 1.807) is 23.1 Å². The summed E-state index contributed by atoms with van der Waals surface area (Å²) in [6, 6.07) is 3.70. The number of hydrogen-bond acceptors (Lipinski definition) is 6. The minimum Gasteiger partial charge on any atom is -0.382 e. The zero-order valence-electron chi connectivity index (χ0n) is 11.9. The lowest BCUT2D eigenvalue weighted by molar-refractivity contribution is 0.361. The van der Waals surface area contributed by atoms with Gasteiger partial charge in [0.1, 0.15) is 23.4 Å². The maximum Gasteiger partial charge on any atom is 0.154 e. The van der Waals surface area contributed by atoms with Gasteiger partial charge in [-0.25, -0.2) is 18.9 Å². The number of anilines is 1. The van der Waals surface area contributed by atoms with E-state index < -0.39 is 6.17 Å². The molecule has 114 valence electrons. The van der Waals surface area contributed by atoms with E-state index in [9.17, 15) is 4.39 Å². The van der Waals surface area contributed by atoms with Crippen LogP contribution < -0.4 is 11.1 Å². The third-order valence-electron chi connectivity index (χ3n) is 3.19. The van der Waals surface area contributed by atoms with E-state index in [1.807, 2.05) is 12.1 Å². The van der Waals surface area contributed by atoms with Crippen LogP contribution in [0.2, 0.25) is 0 Å². The molecule has 1 atom stereocenters. The summed E-state index contributed by atoms with van der Waals surface area (Å²) in [5, 5.41) is 7.09. The molecule has 1 aliphatic heterocycles. The lowest BCUT2D eigenvalue weighted by Gasteiger charge is -1.99. The minimum absolute atomic E-state index is 0.378. The maximum absolute atomic E-state index is 11.9. The number of rotatable bonds is 1. The molecule has 0 radical (unpaired) electrons. The van der Waals surface area contributed by atoms with Gasteiger partial charge in [-0.15, -0.1) is 0 Å². The molecule has 0 aliphatic carbocycles. The molecule has 4 heterocycles. The Balaban J connectivity index is 0.000000202. The van der Waals surface area contributed by atoms with Crippen LogP contribution in [0.1, 0.15) is 6.42 Å². The van der Waals surface area contributed by atoms with Crippen molar-refractivity contribution in [1.82, 2.24) is 29.9 Å². The Morgan fingerprint density at radius 3 is 2.91 bits per heavy atom. The number of fused-ring (bicyclic) bond motifs is 1. The molecule has 7 nitrogen and oxygen atoms in total. The molecule has 4 rings (SSSR count). The van der Waals surface area contributed by atoms with Crippen LogP contribution >= 0.6 is 0 Å². The van der Waals surface area contributed by atoms with E-state index in [-0.39, 0.29) is 0 Å². The monoisotopic (exact) mass is 301 g/mol. The second-order valence-electron chi connectivity index (χ2n) is 4.86. The third kappa shape index (κ3) is 3.17. The number of alkyl halides is 1. The number of nitrogens with one attached hydrogen (secondary N) is 1. The summed E-state index contributed by atoms with van der Waals surface area (Å²) < 4.78 is 13.6. The van der Waals surface area contributed by atoms with Crippen molar-refractivity contribution in [3.05, 3.63) is 36.9 Å². The summed E-state index contributed by atoms with van der Waals surface area (Å²) in [5.74, 6) is 0.378. The van der Waals surface area contributed by atoms with E-state index >= 15 is 0 Å². The SMILES string of the molecule is FC1CCNC1.Nc1cncc(-c2cnc3cccnn23)n1. The van der Waals surface area contributed by atoms with Gasteiger partial charge in [0.2, 0.25) is 0 Å². The number of nitrogens with two attached hydrogens (primary N) is 1. The zero-order chi connectivity index (χ0) is 15.4. The highest BCUT2D eigenvalue weighted by molar-refractivity contribution is 5.59. The summed E-state index contributed by atoms with van der Waals surface area (Å²) in [6.07, 6.45) is 6.67. The van der Waals surface area contributed by atoms with E-state index in [0.29, 0.717) is 24.5 Å². The van der Waals surface area contributed by atoms with Gasteiger partial charge in [0.25, 0.3) is 0 Å². The number of nitrogens with zero attached hydrogens (tertiary/aromatic N) is 5. The average molecular weight is 301 g/mol. The van der Waals surface area contributed by atoms with Gasteiger partial charge in [-0.05, 0) is 25.1 Å². The van der Waals surface area contributed by atoms with Crippen LogP contribution in [0.25, 0.3) is 17.0 Å². The van der Waals surface area contributed by atoms with Gasteiger partial charge in [-0.3, -0.25) is 4.98 Å². The first-order valence-corrected chi connectivity index (χ1v) is 6.95. The van der Waals surface area contributed by atoms with Crippen LogP contribution in [-0.2, 0) is 0 Å². The van der Waals surface area contributed by atoms with Crippen LogP contribution in [0, 0.1) is 0 Å². The number of halogens is 1. The zero-order valence-corrected chi connectivity index (χ0v) is 11.9. The second-order valence-corrected chi connectivity index (χ2v) is 4.86. The first kappa shape index (κ1) is 14.3. The molecule has 1 saturated heterocycles. The molecule has 1 aliphatic rings. The van der Waals surface area contributed by atoms with Gasteiger partial charge in [0.05, 0.1) is 18.6 Å². The second kappa shape index (κ2) is 6.44. The predicted molar refractivity (Wildman–Crippen MR) is 80.8 cm³/mol. The van der Waals surface area contributed by atoms with Crippen molar-refractivity contribution in [2.45, 2.75) is 12.6 Å². The average Bonchev–Trinajstić information content (AvgIpc) is 3.16. The van der Waals surface area contributed by atoms with Crippen molar-refractivity contribution in [2.75, 3.05) is 18.8 Å². The number of aromatic nitrogens is 5. The topological polar surface area (TPSA) is 94.0 Å². The van der Waals surface area contributed by atoms with E-state index in [1.165, 1.54) is 6.20 Å². The van der Waals surface area contributed by atoms with E-state index in [4.69, 9.17) is 5.73 Å². The fraction of sp³-hybridized carbons (Fsp3) is 0.286. The van der Waals surface area contributed by atoms with Crippen LogP contribution in [0.4, 0.5) is 10.2 Å². The Bertz CT molecular complexity index is 752. The molecule has 0 aromatic carbocycles. The number of hydrogen-bond donors (Lipinski definition) is 2. The first-order chi connectivity index (χ1) is 10.7. The lowest BCUT2D eigenvalue weighted by Crippen LogP contribution is -2.08. The highest BCUT2D eigenvalue weighted by Gasteiger charge is 2.10. The van der Waals surface area contributed by atoms with E-state index in [2.05, 4.69) is 25.4 Å². The molecule has 3 aromatic heterocycles. The summed E-state index contributed by atoms with van der Waals surface area (Å²) in [6.45, 7) is 1.43. The molecule has 3 aromatic rings. The highest BCUT2D eigenvalue weighted by Crippen LogP contribution is 2.17. The first-order valence-electron chi connectivity index (χ1n) is 6.95. The van der Waals surface area contributed by atoms with Crippen LogP contribution in [-0.4, -0.2) is 43.8 Å². The lowest BCUT2D eigenvalue weighted by atomic mass is 10.3. The van der Waals surface area contributed by atoms with E-state index in [0.717, 1.165) is 17.9 Å². The molecule has 3 N–H and O–H groups in total. The number of nitrogen functional groups attached to an aromatic ring is 1. The molecule has 0 bridgehead atoms. The van der Waals surface area contributed by atoms with Crippen LogP contribution in [0.15, 0.2) is 36.9 Å². The molecule has 22 heavy (non-hydrogen) atoms. The Hall–Kier alpha value is -2.61. The minimum atomic E-state index is -0.565. The Morgan fingerprint density at radius 2 is 2.23 bits per heavy atom. The molecule has 1 unspecified atom stereocenters. The summed E-state index contributed by atoms with van der Waals surface area (Å²) >= 11 is 0. The van der Waals surface area contributed by atoms with Crippen molar-refractivity contribution < 1.29 is 4.39 Å². The molecule has 0 spiro atoms. The summed E-state index contributed by atoms with van der Waals surface area (Å²) in [5.41, 5.74) is 7.78. The molecule has 1 fully saturated rings. The molecule has 8 heteroatoms.